The monoisotopic (exact) mass is 720 g/mol. The van der Waals surface area contributed by atoms with Crippen molar-refractivity contribution in [3.63, 3.8) is 0 Å². The Bertz CT molecular complexity index is 1200. The third-order valence-corrected chi connectivity index (χ3v) is 4.99. The minimum Gasteiger partial charge on any atom is -0.427 e. The number of hydrogen-bond acceptors (Lipinski definition) is 6. The molecule has 0 saturated heterocycles. The van der Waals surface area contributed by atoms with Gasteiger partial charge in [0.1, 0.15) is 5.78 Å². The van der Waals surface area contributed by atoms with Crippen molar-refractivity contribution in [1.29, 1.82) is 0 Å². The molecule has 11 heteroatoms. The van der Waals surface area contributed by atoms with Gasteiger partial charge in [0.2, 0.25) is 0 Å². The van der Waals surface area contributed by atoms with Gasteiger partial charge in [-0.05, 0) is 20.6 Å². The fourth-order valence-corrected chi connectivity index (χ4v) is 3.02. The number of carbonyl (C=O) groups excluding carboxylic acids is 2. The number of nitrogens with zero attached hydrogens (tertiary/aromatic N) is 2. The summed E-state index contributed by atoms with van der Waals surface area (Å²) in [6.07, 6.45) is 8.73. The molecule has 0 amide bonds. The molecular weight excluding hydrogens is 667 g/mol. The van der Waals surface area contributed by atoms with E-state index in [-0.39, 0.29) is 51.7 Å². The molecule has 2 aromatic carbocycles. The molecule has 0 unspecified atom stereocenters. The molecule has 0 atom stereocenters. The molecule has 2 aromatic heterocycles. The molecule has 0 saturated carbocycles. The van der Waals surface area contributed by atoms with E-state index in [4.69, 9.17) is 20.1 Å². The van der Waals surface area contributed by atoms with E-state index in [0.29, 0.717) is 12.8 Å². The molecule has 4 N–H and O–H groups in total. The van der Waals surface area contributed by atoms with Crippen LogP contribution in [0.4, 0.5) is 0 Å². The normalized spacial score (nSPS) is 8.49. The van der Waals surface area contributed by atoms with E-state index in [9.17, 15) is 9.59 Å². The Morgan fingerprint density at radius 1 is 0.617 bits per heavy atom. The zero-order valence-corrected chi connectivity index (χ0v) is 30.5. The van der Waals surface area contributed by atoms with E-state index in [1.165, 1.54) is 31.7 Å². The van der Waals surface area contributed by atoms with Crippen LogP contribution in [0.15, 0.2) is 116 Å². The standard InChI is InChI=1S/C15H15NO.C12H12N.C4H7O.C2H5.2CH5BO2.CH4.Y/c1-2-15(17)14-8-10-16(11-9-14)12-13-6-4-3-5-7-13;1-3-7-12(8-4-1)11-13-9-5-2-6-10-13;1-3-4(2)5;1-2;2*1-2(3)4;;/h3-11H,1-2,12H2;1-10H,11H2;1,3H2,2H3;1H2,2H3;2*3-4H,1H3;1H4;/q;+1;2*-1;;;;+3. The molecule has 2 heterocycles. The first-order valence-corrected chi connectivity index (χ1v) is 14.5. The van der Waals surface area contributed by atoms with E-state index in [1.807, 2.05) is 67.0 Å². The van der Waals surface area contributed by atoms with E-state index in [1.54, 1.807) is 6.92 Å². The molecule has 0 radical (unpaired) electrons. The number of hydrogen-bond donors (Lipinski definition) is 4. The Labute approximate surface area is 309 Å². The number of aromatic nitrogens is 2. The van der Waals surface area contributed by atoms with Crippen molar-refractivity contribution in [2.75, 3.05) is 0 Å². The first-order valence-electron chi connectivity index (χ1n) is 14.5. The van der Waals surface area contributed by atoms with Gasteiger partial charge in [-0.3, -0.25) is 4.79 Å². The molecule has 8 nitrogen and oxygen atoms in total. The van der Waals surface area contributed by atoms with Gasteiger partial charge in [0.25, 0.3) is 0 Å². The quantitative estimate of drug-likeness (QED) is 0.0933. The number of rotatable bonds is 7. The van der Waals surface area contributed by atoms with Crippen molar-refractivity contribution in [3.8, 4) is 0 Å². The van der Waals surface area contributed by atoms with Gasteiger partial charge in [-0.2, -0.15) is 6.92 Å². The van der Waals surface area contributed by atoms with Gasteiger partial charge in [-0.15, -0.1) is 12.8 Å². The minimum absolute atomic E-state index is 0. The smallest absolute Gasteiger partial charge is 0.427 e. The molecule has 0 aliphatic carbocycles. The van der Waals surface area contributed by atoms with Crippen LogP contribution in [0, 0.1) is 20.8 Å². The average molecular weight is 720 g/mol. The Morgan fingerprint density at radius 3 is 1.21 bits per heavy atom. The third-order valence-electron chi connectivity index (χ3n) is 4.99. The summed E-state index contributed by atoms with van der Waals surface area (Å²) in [5, 5.41) is 30.4. The van der Waals surface area contributed by atoms with Gasteiger partial charge in [-0.25, -0.2) is 9.13 Å². The molecular formula is C36H53B2N2O6Y+2. The summed E-state index contributed by atoms with van der Waals surface area (Å²) in [5.41, 5.74) is 3.30. The largest absolute Gasteiger partial charge is 3.00 e. The van der Waals surface area contributed by atoms with Gasteiger partial charge in [0, 0.05) is 41.0 Å². The summed E-state index contributed by atoms with van der Waals surface area (Å²) < 4.78 is 4.21. The average Bonchev–Trinajstić information content (AvgIpc) is 3.03. The topological polar surface area (TPSA) is 123 Å². The van der Waals surface area contributed by atoms with Crippen LogP contribution in [-0.2, 0) is 50.6 Å². The molecule has 47 heavy (non-hydrogen) atoms. The van der Waals surface area contributed by atoms with Gasteiger partial charge in [0.15, 0.2) is 37.9 Å². The van der Waals surface area contributed by atoms with E-state index >= 15 is 0 Å². The predicted molar refractivity (Wildman–Crippen MR) is 189 cm³/mol. The third kappa shape index (κ3) is 32.9. The van der Waals surface area contributed by atoms with Crippen LogP contribution in [-0.4, -0.2) is 45.9 Å². The SMILES string of the molecule is C.CB(O)O.CB(O)O.[CH2-]C.[CH2-]CC(=O)c1cc[n+](Cc2ccccc2)cc1.[CH2-]CC(C)=O.[Y+3].c1ccc(C[n+]2ccccc2)cc1. The number of Topliss-reactive ketones (excluding diaryl/α,β-unsaturated/α-hetero) is 2. The van der Waals surface area contributed by atoms with Crippen LogP contribution in [0.25, 0.3) is 0 Å². The molecule has 4 aromatic rings. The number of pyridine rings is 2. The van der Waals surface area contributed by atoms with Crippen molar-refractivity contribution in [3.05, 3.63) is 153 Å². The second-order valence-electron chi connectivity index (χ2n) is 9.17. The Kier molecular flexibility index (Phi) is 37.4. The maximum Gasteiger partial charge on any atom is 3.00 e. The summed E-state index contributed by atoms with van der Waals surface area (Å²) >= 11 is 0. The minimum atomic E-state index is -1.17. The summed E-state index contributed by atoms with van der Waals surface area (Å²) in [7, 11) is -2.33. The Hall–Kier alpha value is -2.85. The molecule has 0 aliphatic rings. The number of carbonyl (C=O) groups is 2. The van der Waals surface area contributed by atoms with Gasteiger partial charge in [-0.1, -0.05) is 74.2 Å². The predicted octanol–water partition coefficient (Wildman–Crippen LogP) is 4.90. The fraction of sp³-hybridized carbons (Fsp3) is 0.250. The fourth-order valence-electron chi connectivity index (χ4n) is 3.02. The second-order valence-corrected chi connectivity index (χ2v) is 9.17. The number of ketones is 2. The Morgan fingerprint density at radius 2 is 0.915 bits per heavy atom. The van der Waals surface area contributed by atoms with Gasteiger partial charge < -0.3 is 45.7 Å². The van der Waals surface area contributed by atoms with Crippen LogP contribution in [0.1, 0.15) is 55.6 Å². The van der Waals surface area contributed by atoms with Crippen molar-refractivity contribution in [2.24, 2.45) is 0 Å². The molecule has 250 valence electrons. The van der Waals surface area contributed by atoms with E-state index in [0.717, 1.165) is 18.7 Å². The van der Waals surface area contributed by atoms with Crippen LogP contribution in [0.5, 0.6) is 0 Å². The van der Waals surface area contributed by atoms with Crippen LogP contribution in [0.3, 0.4) is 0 Å². The summed E-state index contributed by atoms with van der Waals surface area (Å²) in [4.78, 5) is 21.2. The second kappa shape index (κ2) is 34.5. The molecule has 4 rings (SSSR count). The number of benzene rings is 2. The van der Waals surface area contributed by atoms with Crippen molar-refractivity contribution >= 4 is 25.8 Å². The van der Waals surface area contributed by atoms with Crippen molar-refractivity contribution in [1.82, 2.24) is 0 Å². The van der Waals surface area contributed by atoms with Crippen molar-refractivity contribution in [2.45, 2.75) is 60.9 Å². The van der Waals surface area contributed by atoms with Crippen molar-refractivity contribution < 1.29 is 71.5 Å². The maximum atomic E-state index is 11.4. The Balaban J connectivity index is -0.000000273. The van der Waals surface area contributed by atoms with Gasteiger partial charge >= 0.3 is 46.9 Å². The van der Waals surface area contributed by atoms with E-state index < -0.39 is 14.2 Å². The van der Waals surface area contributed by atoms with E-state index in [2.05, 4.69) is 78.7 Å². The zero-order chi connectivity index (χ0) is 34.5. The van der Waals surface area contributed by atoms with Crippen LogP contribution in [0.2, 0.25) is 13.6 Å². The van der Waals surface area contributed by atoms with Crippen LogP contribution < -0.4 is 9.13 Å². The molecule has 0 fully saturated rings. The first-order chi connectivity index (χ1) is 21.5. The summed E-state index contributed by atoms with van der Waals surface area (Å²) in [6.45, 7) is 17.8. The summed E-state index contributed by atoms with van der Waals surface area (Å²) in [6, 6.07) is 30.5. The first kappa shape index (κ1) is 51.0. The van der Waals surface area contributed by atoms with Crippen LogP contribution >= 0.6 is 0 Å². The molecule has 0 bridgehead atoms. The molecule has 0 aliphatic heterocycles. The maximum absolute atomic E-state index is 11.4. The summed E-state index contributed by atoms with van der Waals surface area (Å²) in [5.74, 6) is 0.224. The molecule has 0 spiro atoms. The van der Waals surface area contributed by atoms with Gasteiger partial charge in [0.05, 0.1) is 5.78 Å². The zero-order valence-electron chi connectivity index (χ0n) is 27.7.